The molecule has 0 aromatic heterocycles. The Morgan fingerprint density at radius 2 is 1.88 bits per heavy atom. The van der Waals surface area contributed by atoms with E-state index in [0.29, 0.717) is 13.2 Å². The lowest BCUT2D eigenvalue weighted by molar-refractivity contribution is -0.227. The van der Waals surface area contributed by atoms with Crippen molar-refractivity contribution in [1.29, 1.82) is 0 Å². The van der Waals surface area contributed by atoms with E-state index in [0.717, 1.165) is 6.07 Å². The van der Waals surface area contributed by atoms with Crippen molar-refractivity contribution in [2.24, 2.45) is 5.41 Å². The summed E-state index contributed by atoms with van der Waals surface area (Å²) >= 11 is 0. The lowest BCUT2D eigenvalue weighted by Gasteiger charge is -2.36. The zero-order valence-electron chi connectivity index (χ0n) is 13.8. The van der Waals surface area contributed by atoms with Crippen LogP contribution in [0.1, 0.15) is 36.8 Å². The topological polar surface area (TPSA) is 57.2 Å². The van der Waals surface area contributed by atoms with E-state index < -0.39 is 30.4 Å². The molecule has 1 aromatic rings. The molecular weight excluding hydrogens is 329 g/mol. The average Bonchev–Trinajstić information content (AvgIpc) is 2.51. The predicted molar refractivity (Wildman–Crippen MR) is 78.3 cm³/mol. The number of hydrogen-bond acceptors (Lipinski definition) is 5. The predicted octanol–water partition coefficient (Wildman–Crippen LogP) is 3.25. The summed E-state index contributed by atoms with van der Waals surface area (Å²) in [7, 11) is 1.30. The lowest BCUT2D eigenvalue weighted by atomic mass is 9.94. The molecule has 1 aliphatic heterocycles. The van der Waals surface area contributed by atoms with E-state index in [9.17, 15) is 18.3 Å². The molecule has 1 N–H and O–H groups in total. The second kappa shape index (κ2) is 7.26. The van der Waals surface area contributed by atoms with Crippen molar-refractivity contribution in [1.82, 2.24) is 0 Å². The van der Waals surface area contributed by atoms with Crippen molar-refractivity contribution < 1.29 is 37.2 Å². The molecule has 0 amide bonds. The van der Waals surface area contributed by atoms with E-state index >= 15 is 0 Å². The van der Waals surface area contributed by atoms with Gasteiger partial charge < -0.3 is 24.1 Å². The summed E-state index contributed by atoms with van der Waals surface area (Å²) in [6.07, 6.45) is -5.67. The maximum atomic E-state index is 13.3. The van der Waals surface area contributed by atoms with Crippen molar-refractivity contribution in [3.05, 3.63) is 28.8 Å². The molecule has 0 saturated carbocycles. The highest BCUT2D eigenvalue weighted by molar-refractivity contribution is 5.48. The Labute approximate surface area is 138 Å². The minimum absolute atomic E-state index is 0.0416. The van der Waals surface area contributed by atoms with Crippen LogP contribution in [-0.2, 0) is 27.0 Å². The number of hydrogen-bond donors (Lipinski definition) is 1. The number of alkyl halides is 3. The zero-order valence-corrected chi connectivity index (χ0v) is 13.8. The third-order valence-corrected chi connectivity index (χ3v) is 3.57. The molecule has 0 aliphatic carbocycles. The smallest absolute Gasteiger partial charge is 0.419 e. The average molecular weight is 350 g/mol. The van der Waals surface area contributed by atoms with Crippen LogP contribution in [0, 0.1) is 5.41 Å². The quantitative estimate of drug-likeness (QED) is 0.826. The van der Waals surface area contributed by atoms with Gasteiger partial charge in [0.05, 0.1) is 30.9 Å². The molecule has 8 heteroatoms. The molecule has 24 heavy (non-hydrogen) atoms. The highest BCUT2D eigenvalue weighted by Gasteiger charge is 2.39. The van der Waals surface area contributed by atoms with Gasteiger partial charge in [0, 0.05) is 12.5 Å². The second-order valence-electron chi connectivity index (χ2n) is 6.34. The molecule has 1 saturated heterocycles. The number of benzene rings is 1. The molecule has 0 unspecified atom stereocenters. The summed E-state index contributed by atoms with van der Waals surface area (Å²) in [5, 5.41) is 9.52. The van der Waals surface area contributed by atoms with Crippen LogP contribution in [0.3, 0.4) is 0 Å². The molecule has 1 aromatic carbocycles. The van der Waals surface area contributed by atoms with Gasteiger partial charge in [-0.3, -0.25) is 0 Å². The number of halogens is 3. The van der Waals surface area contributed by atoms with Crippen molar-refractivity contribution in [3.8, 4) is 5.75 Å². The molecule has 5 nitrogen and oxygen atoms in total. The SMILES string of the molecule is COCOc1c(C(F)(F)F)ccc(CO)c1C1OCC(C)(C)CO1. The van der Waals surface area contributed by atoms with Crippen LogP contribution in [0.5, 0.6) is 5.75 Å². The summed E-state index contributed by atoms with van der Waals surface area (Å²) in [4.78, 5) is 0. The van der Waals surface area contributed by atoms with Crippen LogP contribution in [0.15, 0.2) is 12.1 Å². The summed E-state index contributed by atoms with van der Waals surface area (Å²) in [6.45, 7) is 3.62. The van der Waals surface area contributed by atoms with Crippen LogP contribution < -0.4 is 4.74 Å². The molecule has 0 spiro atoms. The second-order valence-corrected chi connectivity index (χ2v) is 6.34. The van der Waals surface area contributed by atoms with Gasteiger partial charge in [0.25, 0.3) is 0 Å². The Bertz CT molecular complexity index is 562. The fourth-order valence-corrected chi connectivity index (χ4v) is 2.39. The zero-order chi connectivity index (χ0) is 18.0. The Kier molecular flexibility index (Phi) is 5.74. The lowest BCUT2D eigenvalue weighted by Crippen LogP contribution is -2.34. The van der Waals surface area contributed by atoms with Gasteiger partial charge >= 0.3 is 6.18 Å². The van der Waals surface area contributed by atoms with Gasteiger partial charge in [0.2, 0.25) is 0 Å². The minimum atomic E-state index is -4.63. The standard InChI is InChI=1S/C16H21F3O5/c1-15(2)7-22-14(23-8-15)12-10(6-20)4-5-11(16(17,18)19)13(12)24-9-21-3/h4-5,14,20H,6-9H2,1-3H3. The van der Waals surface area contributed by atoms with E-state index in [4.69, 9.17) is 18.9 Å². The van der Waals surface area contributed by atoms with Crippen LogP contribution in [-0.4, -0.2) is 32.2 Å². The third-order valence-electron chi connectivity index (χ3n) is 3.57. The largest absolute Gasteiger partial charge is 0.466 e. The normalized spacial score (nSPS) is 18.6. The maximum Gasteiger partial charge on any atom is 0.419 e. The van der Waals surface area contributed by atoms with E-state index in [2.05, 4.69) is 0 Å². The van der Waals surface area contributed by atoms with Crippen molar-refractivity contribution in [2.45, 2.75) is 32.9 Å². The monoisotopic (exact) mass is 350 g/mol. The number of rotatable bonds is 5. The molecule has 136 valence electrons. The van der Waals surface area contributed by atoms with E-state index in [1.54, 1.807) is 0 Å². The molecule has 1 heterocycles. The van der Waals surface area contributed by atoms with Crippen LogP contribution in [0.4, 0.5) is 13.2 Å². The van der Waals surface area contributed by atoms with Crippen molar-refractivity contribution in [3.63, 3.8) is 0 Å². The Morgan fingerprint density at radius 3 is 2.38 bits per heavy atom. The Morgan fingerprint density at radius 1 is 1.25 bits per heavy atom. The Balaban J connectivity index is 2.49. The van der Waals surface area contributed by atoms with Gasteiger partial charge in [-0.15, -0.1) is 0 Å². The fourth-order valence-electron chi connectivity index (χ4n) is 2.39. The number of ether oxygens (including phenoxy) is 4. The summed E-state index contributed by atoms with van der Waals surface area (Å²) in [5.74, 6) is -0.444. The van der Waals surface area contributed by atoms with Crippen LogP contribution in [0.25, 0.3) is 0 Å². The number of aliphatic hydroxyl groups is 1. The molecule has 0 atom stereocenters. The first kappa shape index (κ1) is 19.0. The highest BCUT2D eigenvalue weighted by Crippen LogP contribution is 2.44. The van der Waals surface area contributed by atoms with Gasteiger partial charge in [0.1, 0.15) is 5.75 Å². The van der Waals surface area contributed by atoms with Gasteiger partial charge in [0.15, 0.2) is 13.1 Å². The van der Waals surface area contributed by atoms with Gasteiger partial charge in [-0.1, -0.05) is 19.9 Å². The van der Waals surface area contributed by atoms with E-state index in [1.165, 1.54) is 13.2 Å². The van der Waals surface area contributed by atoms with E-state index in [-0.39, 0.29) is 23.3 Å². The van der Waals surface area contributed by atoms with Gasteiger partial charge in [-0.05, 0) is 11.6 Å². The van der Waals surface area contributed by atoms with E-state index in [1.807, 2.05) is 13.8 Å². The molecular formula is C16H21F3O5. The molecule has 1 aliphatic rings. The molecule has 0 radical (unpaired) electrons. The molecule has 0 bridgehead atoms. The van der Waals surface area contributed by atoms with Gasteiger partial charge in [-0.2, -0.15) is 13.2 Å². The Hall–Kier alpha value is -1.35. The maximum absolute atomic E-state index is 13.3. The first-order valence-electron chi connectivity index (χ1n) is 7.38. The molecule has 2 rings (SSSR count). The third kappa shape index (κ3) is 4.18. The highest BCUT2D eigenvalue weighted by atomic mass is 19.4. The fraction of sp³-hybridized carbons (Fsp3) is 0.625. The van der Waals surface area contributed by atoms with Crippen molar-refractivity contribution in [2.75, 3.05) is 27.1 Å². The van der Waals surface area contributed by atoms with Crippen LogP contribution >= 0.6 is 0 Å². The van der Waals surface area contributed by atoms with Crippen molar-refractivity contribution >= 4 is 0 Å². The first-order chi connectivity index (χ1) is 11.2. The first-order valence-corrected chi connectivity index (χ1v) is 7.38. The molecule has 1 fully saturated rings. The number of aliphatic hydroxyl groups excluding tert-OH is 1. The minimum Gasteiger partial charge on any atom is -0.466 e. The van der Waals surface area contributed by atoms with Gasteiger partial charge in [-0.25, -0.2) is 0 Å². The summed E-state index contributed by atoms with van der Waals surface area (Å²) < 4.78 is 61.0. The number of methoxy groups -OCH3 is 1. The summed E-state index contributed by atoms with van der Waals surface area (Å²) in [6, 6.07) is 2.07. The summed E-state index contributed by atoms with van der Waals surface area (Å²) in [5.41, 5.74) is -0.923. The van der Waals surface area contributed by atoms with Crippen LogP contribution in [0.2, 0.25) is 0 Å².